The van der Waals surface area contributed by atoms with Gasteiger partial charge >= 0.3 is 0 Å². The van der Waals surface area contributed by atoms with E-state index in [4.69, 9.17) is 0 Å². The van der Waals surface area contributed by atoms with Crippen LogP contribution in [0.2, 0.25) is 0 Å². The molecule has 0 unspecified atom stereocenters. The Bertz CT molecular complexity index is 905. The van der Waals surface area contributed by atoms with E-state index in [1.165, 1.54) is 0 Å². The van der Waals surface area contributed by atoms with Gasteiger partial charge in [0.2, 0.25) is 0 Å². The summed E-state index contributed by atoms with van der Waals surface area (Å²) in [7, 11) is 0. The molecule has 0 saturated carbocycles. The van der Waals surface area contributed by atoms with Crippen molar-refractivity contribution in [2.24, 2.45) is 0 Å². The molecule has 0 radical (unpaired) electrons. The summed E-state index contributed by atoms with van der Waals surface area (Å²) in [6.07, 6.45) is 3.43. The van der Waals surface area contributed by atoms with Crippen molar-refractivity contribution in [1.29, 1.82) is 0 Å². The predicted octanol–water partition coefficient (Wildman–Crippen LogP) is 3.68. The highest BCUT2D eigenvalue weighted by molar-refractivity contribution is 5.93. The van der Waals surface area contributed by atoms with E-state index in [0.29, 0.717) is 23.9 Å². The molecule has 27 heavy (non-hydrogen) atoms. The highest BCUT2D eigenvalue weighted by atomic mass is 16.1. The summed E-state index contributed by atoms with van der Waals surface area (Å²) in [5, 5.41) is 6.21. The van der Waals surface area contributed by atoms with Gasteiger partial charge in [-0.05, 0) is 32.4 Å². The number of pyridine rings is 1. The molecule has 138 valence electrons. The van der Waals surface area contributed by atoms with Crippen molar-refractivity contribution in [1.82, 2.24) is 20.3 Å². The molecule has 0 atom stereocenters. The van der Waals surface area contributed by atoms with Crippen LogP contribution in [0, 0.1) is 0 Å². The van der Waals surface area contributed by atoms with Crippen LogP contribution in [0.4, 0.5) is 5.82 Å². The quantitative estimate of drug-likeness (QED) is 0.725. The van der Waals surface area contributed by atoms with Gasteiger partial charge in [-0.15, -0.1) is 0 Å². The van der Waals surface area contributed by atoms with Gasteiger partial charge in [-0.3, -0.25) is 9.78 Å². The minimum atomic E-state index is -0.254. The minimum Gasteiger partial charge on any atom is -0.365 e. The standard InChI is InChI=1S/C21H23N5O/c1-21(2,3)26-18-12-17(20(27)23-14-15-8-7-11-22-13-15)24-19(25-18)16-9-5-4-6-10-16/h4-13H,14H2,1-3H3,(H,23,27)(H,24,25,26). The second kappa shape index (κ2) is 7.95. The number of rotatable bonds is 5. The topological polar surface area (TPSA) is 79.8 Å². The number of carbonyl (C=O) groups is 1. The number of hydrogen-bond acceptors (Lipinski definition) is 5. The summed E-state index contributed by atoms with van der Waals surface area (Å²) in [5.74, 6) is 0.870. The van der Waals surface area contributed by atoms with Gasteiger partial charge < -0.3 is 10.6 Å². The first-order valence-electron chi connectivity index (χ1n) is 8.80. The molecule has 6 nitrogen and oxygen atoms in total. The molecule has 3 aromatic rings. The van der Waals surface area contributed by atoms with E-state index >= 15 is 0 Å². The highest BCUT2D eigenvalue weighted by Crippen LogP contribution is 2.20. The molecule has 1 aromatic carbocycles. The van der Waals surface area contributed by atoms with Crippen LogP contribution < -0.4 is 10.6 Å². The third-order valence-corrected chi connectivity index (χ3v) is 3.67. The third-order valence-electron chi connectivity index (χ3n) is 3.67. The number of nitrogens with zero attached hydrogens (tertiary/aromatic N) is 3. The maximum absolute atomic E-state index is 12.7. The van der Waals surface area contributed by atoms with Crippen LogP contribution in [0.1, 0.15) is 36.8 Å². The van der Waals surface area contributed by atoms with Crippen LogP contribution in [0.25, 0.3) is 11.4 Å². The Morgan fingerprint density at radius 2 is 1.81 bits per heavy atom. The minimum absolute atomic E-state index is 0.189. The molecule has 6 heteroatoms. The number of anilines is 1. The third kappa shape index (κ3) is 5.34. The van der Waals surface area contributed by atoms with Crippen LogP contribution in [-0.2, 0) is 6.54 Å². The van der Waals surface area contributed by atoms with E-state index in [-0.39, 0.29) is 11.4 Å². The lowest BCUT2D eigenvalue weighted by atomic mass is 10.1. The Morgan fingerprint density at radius 1 is 1.04 bits per heavy atom. The van der Waals surface area contributed by atoms with Crippen LogP contribution in [-0.4, -0.2) is 26.4 Å². The summed E-state index contributed by atoms with van der Waals surface area (Å²) in [5.41, 5.74) is 1.92. The predicted molar refractivity (Wildman–Crippen MR) is 106 cm³/mol. The van der Waals surface area contributed by atoms with E-state index in [0.717, 1.165) is 11.1 Å². The highest BCUT2D eigenvalue weighted by Gasteiger charge is 2.16. The first-order valence-corrected chi connectivity index (χ1v) is 8.80. The number of carbonyl (C=O) groups excluding carboxylic acids is 1. The average molecular weight is 361 g/mol. The van der Waals surface area contributed by atoms with Gasteiger partial charge in [-0.25, -0.2) is 9.97 Å². The molecule has 3 rings (SSSR count). The van der Waals surface area contributed by atoms with Crippen molar-refractivity contribution in [2.75, 3.05) is 5.32 Å². The fraction of sp³-hybridized carbons (Fsp3) is 0.238. The first kappa shape index (κ1) is 18.5. The summed E-state index contributed by atoms with van der Waals surface area (Å²) in [6.45, 7) is 6.51. The van der Waals surface area contributed by atoms with Gasteiger partial charge in [-0.1, -0.05) is 36.4 Å². The molecule has 0 spiro atoms. The van der Waals surface area contributed by atoms with Crippen molar-refractivity contribution < 1.29 is 4.79 Å². The lowest BCUT2D eigenvalue weighted by Crippen LogP contribution is -2.28. The van der Waals surface area contributed by atoms with Gasteiger partial charge in [0.1, 0.15) is 11.5 Å². The van der Waals surface area contributed by atoms with E-state index in [9.17, 15) is 4.79 Å². The number of benzene rings is 1. The van der Waals surface area contributed by atoms with E-state index in [2.05, 4.69) is 25.6 Å². The fourth-order valence-corrected chi connectivity index (χ4v) is 2.50. The number of nitrogens with one attached hydrogen (secondary N) is 2. The summed E-state index contributed by atoms with van der Waals surface area (Å²) in [4.78, 5) is 25.8. The van der Waals surface area contributed by atoms with Crippen molar-refractivity contribution in [2.45, 2.75) is 32.9 Å². The zero-order valence-corrected chi connectivity index (χ0v) is 15.7. The molecular weight excluding hydrogens is 338 g/mol. The Hall–Kier alpha value is -3.28. The Morgan fingerprint density at radius 3 is 2.48 bits per heavy atom. The summed E-state index contributed by atoms with van der Waals surface area (Å²) in [6, 6.07) is 15.1. The van der Waals surface area contributed by atoms with E-state index in [1.807, 2.05) is 63.2 Å². The molecule has 0 fully saturated rings. The lowest BCUT2D eigenvalue weighted by Gasteiger charge is -2.22. The zero-order chi connectivity index (χ0) is 19.3. The van der Waals surface area contributed by atoms with E-state index in [1.54, 1.807) is 18.5 Å². The van der Waals surface area contributed by atoms with Gasteiger partial charge in [-0.2, -0.15) is 0 Å². The molecule has 0 saturated heterocycles. The molecule has 0 aliphatic carbocycles. The molecule has 1 amide bonds. The largest absolute Gasteiger partial charge is 0.365 e. The second-order valence-corrected chi connectivity index (χ2v) is 7.25. The molecule has 0 aliphatic heterocycles. The van der Waals surface area contributed by atoms with Gasteiger partial charge in [0.25, 0.3) is 5.91 Å². The SMILES string of the molecule is CC(C)(C)Nc1cc(C(=O)NCc2cccnc2)nc(-c2ccccc2)n1. The summed E-state index contributed by atoms with van der Waals surface area (Å²) < 4.78 is 0. The smallest absolute Gasteiger partial charge is 0.270 e. The summed E-state index contributed by atoms with van der Waals surface area (Å²) >= 11 is 0. The van der Waals surface area contributed by atoms with Crippen molar-refractivity contribution in [3.63, 3.8) is 0 Å². The van der Waals surface area contributed by atoms with Gasteiger partial charge in [0, 0.05) is 36.1 Å². The zero-order valence-electron chi connectivity index (χ0n) is 15.7. The Balaban J connectivity index is 1.88. The Kier molecular flexibility index (Phi) is 5.45. The van der Waals surface area contributed by atoms with Gasteiger partial charge in [0.05, 0.1) is 0 Å². The van der Waals surface area contributed by atoms with Crippen molar-refractivity contribution >= 4 is 11.7 Å². The molecule has 0 aliphatic rings. The average Bonchev–Trinajstić information content (AvgIpc) is 2.66. The number of hydrogen-bond donors (Lipinski definition) is 2. The first-order chi connectivity index (χ1) is 12.9. The molecule has 2 N–H and O–H groups in total. The second-order valence-electron chi connectivity index (χ2n) is 7.25. The van der Waals surface area contributed by atoms with Crippen molar-refractivity contribution in [3.8, 4) is 11.4 Å². The lowest BCUT2D eigenvalue weighted by molar-refractivity contribution is 0.0946. The maximum Gasteiger partial charge on any atom is 0.270 e. The van der Waals surface area contributed by atoms with Crippen LogP contribution in [0.15, 0.2) is 60.9 Å². The monoisotopic (exact) mass is 361 g/mol. The number of amides is 1. The fourth-order valence-electron chi connectivity index (χ4n) is 2.50. The molecule has 2 aromatic heterocycles. The number of aromatic nitrogens is 3. The molecule has 0 bridgehead atoms. The normalized spacial score (nSPS) is 11.1. The van der Waals surface area contributed by atoms with Gasteiger partial charge in [0.15, 0.2) is 5.82 Å². The Labute approximate surface area is 159 Å². The molecular formula is C21H23N5O. The van der Waals surface area contributed by atoms with Crippen LogP contribution >= 0.6 is 0 Å². The van der Waals surface area contributed by atoms with Crippen LogP contribution in [0.3, 0.4) is 0 Å². The maximum atomic E-state index is 12.7. The molecule has 2 heterocycles. The van der Waals surface area contributed by atoms with Crippen molar-refractivity contribution in [3.05, 3.63) is 72.2 Å². The van der Waals surface area contributed by atoms with Crippen LogP contribution in [0.5, 0.6) is 0 Å². The van der Waals surface area contributed by atoms with E-state index < -0.39 is 0 Å².